The molecule has 1 saturated heterocycles. The Morgan fingerprint density at radius 2 is 1.64 bits per heavy atom. The minimum atomic E-state index is -3.54. The summed E-state index contributed by atoms with van der Waals surface area (Å²) in [7, 11) is -3.54. The first kappa shape index (κ1) is 18.7. The highest BCUT2D eigenvalue weighted by atomic mass is 32.2. The van der Waals surface area contributed by atoms with Crippen molar-refractivity contribution in [2.24, 2.45) is 5.73 Å². The van der Waals surface area contributed by atoms with Crippen LogP contribution in [0.2, 0.25) is 0 Å². The number of urea groups is 1. The van der Waals surface area contributed by atoms with Crippen molar-refractivity contribution in [3.05, 3.63) is 29.8 Å². The molecule has 136 valence electrons. The summed E-state index contributed by atoms with van der Waals surface area (Å²) < 4.78 is 26.2. The fraction of sp³-hybridized carbons (Fsp3) is 0.357. The van der Waals surface area contributed by atoms with Gasteiger partial charge in [-0.15, -0.1) is 0 Å². The topological polar surface area (TPSA) is 151 Å². The number of carbonyl (C=O) groups is 3. The molecule has 1 heterocycles. The van der Waals surface area contributed by atoms with Crippen molar-refractivity contribution < 1.29 is 22.8 Å². The molecule has 0 atom stereocenters. The first-order valence-electron chi connectivity index (χ1n) is 7.53. The number of hydrogen-bond acceptors (Lipinski definition) is 5. The summed E-state index contributed by atoms with van der Waals surface area (Å²) in [6.07, 6.45) is 1.67. The molecule has 10 nitrogen and oxygen atoms in total. The van der Waals surface area contributed by atoms with Gasteiger partial charge in [0.25, 0.3) is 11.8 Å². The molecule has 0 aliphatic carbocycles. The second-order valence-corrected chi connectivity index (χ2v) is 7.29. The highest BCUT2D eigenvalue weighted by Gasteiger charge is 2.27. The fourth-order valence-corrected chi connectivity index (χ4v) is 3.78. The van der Waals surface area contributed by atoms with Gasteiger partial charge >= 0.3 is 6.03 Å². The van der Waals surface area contributed by atoms with Crippen molar-refractivity contribution in [1.82, 2.24) is 20.5 Å². The highest BCUT2D eigenvalue weighted by molar-refractivity contribution is 7.89. The maximum absolute atomic E-state index is 12.4. The number of hydrazine groups is 1. The van der Waals surface area contributed by atoms with E-state index in [4.69, 9.17) is 5.73 Å². The van der Waals surface area contributed by atoms with Gasteiger partial charge in [0.15, 0.2) is 0 Å². The second kappa shape index (κ2) is 7.94. The van der Waals surface area contributed by atoms with E-state index in [0.717, 1.165) is 12.8 Å². The number of primary amides is 1. The first-order valence-corrected chi connectivity index (χ1v) is 8.97. The summed E-state index contributed by atoms with van der Waals surface area (Å²) >= 11 is 0. The fourth-order valence-electron chi connectivity index (χ4n) is 2.27. The Balaban J connectivity index is 1.94. The van der Waals surface area contributed by atoms with Crippen LogP contribution < -0.4 is 21.9 Å². The Bertz CT molecular complexity index is 756. The molecule has 0 saturated carbocycles. The van der Waals surface area contributed by atoms with E-state index in [9.17, 15) is 22.8 Å². The third kappa shape index (κ3) is 4.90. The Morgan fingerprint density at radius 1 is 1.04 bits per heavy atom. The van der Waals surface area contributed by atoms with E-state index in [1.165, 1.54) is 28.6 Å². The van der Waals surface area contributed by atoms with E-state index in [-0.39, 0.29) is 17.0 Å². The summed E-state index contributed by atoms with van der Waals surface area (Å²) in [4.78, 5) is 33.8. The molecule has 0 unspecified atom stereocenters. The molecule has 2 rings (SSSR count). The number of nitrogens with one attached hydrogen (secondary N) is 3. The van der Waals surface area contributed by atoms with Crippen LogP contribution in [0.15, 0.2) is 29.2 Å². The Hall–Kier alpha value is -2.66. The molecular formula is C14H19N5O5S. The summed E-state index contributed by atoms with van der Waals surface area (Å²) in [5.74, 6) is -1.29. The smallest absolute Gasteiger partial charge is 0.312 e. The zero-order valence-corrected chi connectivity index (χ0v) is 14.1. The van der Waals surface area contributed by atoms with Crippen LogP contribution in [0.1, 0.15) is 23.2 Å². The normalized spacial score (nSPS) is 14.7. The summed E-state index contributed by atoms with van der Waals surface area (Å²) in [5.41, 5.74) is 9.22. The van der Waals surface area contributed by atoms with Crippen molar-refractivity contribution in [1.29, 1.82) is 0 Å². The van der Waals surface area contributed by atoms with Gasteiger partial charge in [-0.05, 0) is 37.1 Å². The van der Waals surface area contributed by atoms with E-state index < -0.39 is 27.9 Å². The van der Waals surface area contributed by atoms with Crippen molar-refractivity contribution >= 4 is 27.9 Å². The lowest BCUT2D eigenvalue weighted by Gasteiger charge is -2.15. The van der Waals surface area contributed by atoms with Gasteiger partial charge in [0.05, 0.1) is 4.90 Å². The van der Waals surface area contributed by atoms with Crippen LogP contribution in [-0.4, -0.2) is 50.2 Å². The first-order chi connectivity index (χ1) is 11.8. The minimum Gasteiger partial charge on any atom is -0.352 e. The van der Waals surface area contributed by atoms with Gasteiger partial charge in [-0.1, -0.05) is 0 Å². The van der Waals surface area contributed by atoms with Crippen LogP contribution in [0.5, 0.6) is 0 Å². The van der Waals surface area contributed by atoms with Crippen LogP contribution in [-0.2, 0) is 14.8 Å². The van der Waals surface area contributed by atoms with E-state index in [2.05, 4.69) is 16.2 Å². The van der Waals surface area contributed by atoms with Gasteiger partial charge in [0.2, 0.25) is 10.0 Å². The quantitative estimate of drug-likeness (QED) is 0.486. The molecule has 0 bridgehead atoms. The highest BCUT2D eigenvalue weighted by Crippen LogP contribution is 2.20. The predicted molar refractivity (Wildman–Crippen MR) is 87.6 cm³/mol. The van der Waals surface area contributed by atoms with Gasteiger partial charge in [-0.25, -0.2) is 13.2 Å². The monoisotopic (exact) mass is 369 g/mol. The Labute approximate surface area is 144 Å². The van der Waals surface area contributed by atoms with Gasteiger partial charge < -0.3 is 11.1 Å². The lowest BCUT2D eigenvalue weighted by Crippen LogP contribution is -2.47. The molecule has 0 radical (unpaired) electrons. The molecule has 4 amide bonds. The summed E-state index contributed by atoms with van der Waals surface area (Å²) in [6, 6.07) is 4.53. The molecule has 5 N–H and O–H groups in total. The van der Waals surface area contributed by atoms with Gasteiger partial charge in [0, 0.05) is 18.7 Å². The standard InChI is InChI=1S/C14H19N5O5S/c15-14(22)16-9-12(20)17-18-13(21)10-3-5-11(6-4-10)25(23,24)19-7-1-2-8-19/h3-6H,1-2,7-9H2,(H,17,20)(H,18,21)(H3,15,16,22). The van der Waals surface area contributed by atoms with Crippen molar-refractivity contribution in [2.45, 2.75) is 17.7 Å². The average Bonchev–Trinajstić information content (AvgIpc) is 3.13. The number of sulfonamides is 1. The van der Waals surface area contributed by atoms with Gasteiger partial charge in [0.1, 0.15) is 6.54 Å². The molecule has 1 aliphatic heterocycles. The zero-order valence-electron chi connectivity index (χ0n) is 13.3. The molecule has 0 aromatic heterocycles. The molecule has 25 heavy (non-hydrogen) atoms. The van der Waals surface area contributed by atoms with Crippen LogP contribution in [0.4, 0.5) is 4.79 Å². The number of nitrogens with two attached hydrogens (primary N) is 1. The molecule has 0 spiro atoms. The SMILES string of the molecule is NC(=O)NCC(=O)NNC(=O)c1ccc(S(=O)(=O)N2CCCC2)cc1. The van der Waals surface area contributed by atoms with E-state index in [0.29, 0.717) is 13.1 Å². The summed E-state index contributed by atoms with van der Waals surface area (Å²) in [6.45, 7) is 0.606. The summed E-state index contributed by atoms with van der Waals surface area (Å²) in [5, 5.41) is 2.06. The minimum absolute atomic E-state index is 0.112. The van der Waals surface area contributed by atoms with Crippen LogP contribution in [0.25, 0.3) is 0 Å². The Kier molecular flexibility index (Phi) is 5.93. The van der Waals surface area contributed by atoms with Gasteiger partial charge in [-0.2, -0.15) is 4.31 Å². The molecule has 1 aromatic carbocycles. The third-order valence-corrected chi connectivity index (χ3v) is 5.47. The number of amides is 4. The van der Waals surface area contributed by atoms with Crippen LogP contribution in [0, 0.1) is 0 Å². The number of nitrogens with zero attached hydrogens (tertiary/aromatic N) is 1. The number of benzene rings is 1. The largest absolute Gasteiger partial charge is 0.352 e. The van der Waals surface area contributed by atoms with Crippen LogP contribution in [0.3, 0.4) is 0 Å². The molecule has 1 fully saturated rings. The van der Waals surface area contributed by atoms with Crippen LogP contribution >= 0.6 is 0 Å². The molecular weight excluding hydrogens is 350 g/mol. The lowest BCUT2D eigenvalue weighted by atomic mass is 10.2. The number of hydrogen-bond donors (Lipinski definition) is 4. The van der Waals surface area contributed by atoms with Crippen molar-refractivity contribution in [3.8, 4) is 0 Å². The van der Waals surface area contributed by atoms with E-state index in [1.54, 1.807) is 0 Å². The van der Waals surface area contributed by atoms with E-state index in [1.807, 2.05) is 0 Å². The van der Waals surface area contributed by atoms with Gasteiger partial charge in [-0.3, -0.25) is 20.4 Å². The van der Waals surface area contributed by atoms with E-state index >= 15 is 0 Å². The number of carbonyl (C=O) groups excluding carboxylic acids is 3. The maximum Gasteiger partial charge on any atom is 0.312 e. The molecule has 11 heteroatoms. The maximum atomic E-state index is 12.4. The average molecular weight is 369 g/mol. The second-order valence-electron chi connectivity index (χ2n) is 5.36. The lowest BCUT2D eigenvalue weighted by molar-refractivity contribution is -0.120. The zero-order chi connectivity index (χ0) is 18.4. The predicted octanol–water partition coefficient (Wildman–Crippen LogP) is -1.10. The molecule has 1 aliphatic rings. The van der Waals surface area contributed by atoms with Crippen molar-refractivity contribution in [3.63, 3.8) is 0 Å². The number of rotatable bonds is 5. The van der Waals surface area contributed by atoms with Crippen molar-refractivity contribution in [2.75, 3.05) is 19.6 Å². The Morgan fingerprint density at radius 3 is 2.20 bits per heavy atom. The molecule has 1 aromatic rings. The third-order valence-electron chi connectivity index (χ3n) is 3.56.